The summed E-state index contributed by atoms with van der Waals surface area (Å²) >= 11 is 5.83. The highest BCUT2D eigenvalue weighted by Gasteiger charge is 2.39. The van der Waals surface area contributed by atoms with Gasteiger partial charge in [-0.3, -0.25) is 9.59 Å². The number of carbonyl (C=O) groups is 3. The molecule has 0 radical (unpaired) electrons. The Morgan fingerprint density at radius 1 is 1.13 bits per heavy atom. The van der Waals surface area contributed by atoms with Gasteiger partial charge >= 0.3 is 6.03 Å². The number of benzene rings is 2. The number of hydrogen-bond acceptors (Lipinski definition) is 4. The number of hydrogen-bond donors (Lipinski definition) is 3. The van der Waals surface area contributed by atoms with Gasteiger partial charge < -0.3 is 25.5 Å². The predicted octanol–water partition coefficient (Wildman–Crippen LogP) is 2.79. The first kappa shape index (κ1) is 22.5. The van der Waals surface area contributed by atoms with Crippen LogP contribution in [0, 0.1) is 5.82 Å². The maximum absolute atomic E-state index is 14.4. The third-order valence-corrected chi connectivity index (χ3v) is 5.07. The number of halogens is 2. The Balaban J connectivity index is 1.71. The second-order valence-corrected chi connectivity index (χ2v) is 7.81. The third kappa shape index (κ3) is 5.31. The number of aliphatic hydroxyl groups excluding tert-OH is 1. The fourth-order valence-electron chi connectivity index (χ4n) is 3.24. The molecular weight excluding hydrogens is 427 g/mol. The Morgan fingerprint density at radius 3 is 2.42 bits per heavy atom. The van der Waals surface area contributed by atoms with Crippen molar-refractivity contribution in [2.75, 3.05) is 31.3 Å². The third-order valence-electron chi connectivity index (χ3n) is 4.82. The van der Waals surface area contributed by atoms with Crippen molar-refractivity contribution < 1.29 is 23.9 Å². The zero-order valence-electron chi connectivity index (χ0n) is 16.9. The first-order valence-corrected chi connectivity index (χ1v) is 9.87. The average Bonchev–Trinajstić information content (AvgIpc) is 3.12. The maximum Gasteiger partial charge on any atom is 0.322 e. The van der Waals surface area contributed by atoms with Gasteiger partial charge in [0, 0.05) is 43.3 Å². The summed E-state index contributed by atoms with van der Waals surface area (Å²) in [6.45, 7) is -0.0454. The van der Waals surface area contributed by atoms with E-state index in [9.17, 15) is 23.9 Å². The van der Waals surface area contributed by atoms with Gasteiger partial charge in [-0.25, -0.2) is 9.18 Å². The SMILES string of the molecule is CN(C)C(=O)c1ccc(NC(=O)C2CC(O)CN2C(=O)Nc2ccc(Cl)cc2)c(F)c1. The molecule has 2 unspecified atom stereocenters. The lowest BCUT2D eigenvalue weighted by Crippen LogP contribution is -2.45. The van der Waals surface area contributed by atoms with Gasteiger partial charge in [0.15, 0.2) is 0 Å². The van der Waals surface area contributed by atoms with E-state index in [1.165, 1.54) is 21.9 Å². The van der Waals surface area contributed by atoms with Gasteiger partial charge in [0.1, 0.15) is 11.9 Å². The van der Waals surface area contributed by atoms with E-state index in [1.807, 2.05) is 0 Å². The number of likely N-dealkylation sites (tertiary alicyclic amines) is 1. The highest BCUT2D eigenvalue weighted by Crippen LogP contribution is 2.23. The van der Waals surface area contributed by atoms with Crippen molar-refractivity contribution in [3.8, 4) is 0 Å². The molecule has 1 aliphatic heterocycles. The summed E-state index contributed by atoms with van der Waals surface area (Å²) < 4.78 is 14.4. The lowest BCUT2D eigenvalue weighted by atomic mass is 10.1. The number of β-amino-alcohol motifs (C(OH)–C–C–N with tert-alkyl or cyclic N) is 1. The molecule has 8 nitrogen and oxygen atoms in total. The molecule has 0 aliphatic carbocycles. The maximum atomic E-state index is 14.4. The summed E-state index contributed by atoms with van der Waals surface area (Å²) in [5.41, 5.74) is 0.489. The number of carbonyl (C=O) groups excluding carboxylic acids is 3. The molecule has 4 amide bonds. The van der Waals surface area contributed by atoms with Crippen molar-refractivity contribution in [1.29, 1.82) is 0 Å². The fraction of sp³-hybridized carbons (Fsp3) is 0.286. The summed E-state index contributed by atoms with van der Waals surface area (Å²) in [4.78, 5) is 39.8. The van der Waals surface area contributed by atoms with Crippen LogP contribution in [0.5, 0.6) is 0 Å². The molecule has 2 aromatic rings. The zero-order chi connectivity index (χ0) is 22.7. The van der Waals surface area contributed by atoms with E-state index in [2.05, 4.69) is 10.6 Å². The van der Waals surface area contributed by atoms with Crippen molar-refractivity contribution in [1.82, 2.24) is 9.80 Å². The Morgan fingerprint density at radius 2 is 1.81 bits per heavy atom. The van der Waals surface area contributed by atoms with Gasteiger partial charge in [0.25, 0.3) is 5.91 Å². The van der Waals surface area contributed by atoms with Gasteiger partial charge in [-0.1, -0.05) is 11.6 Å². The number of nitrogens with one attached hydrogen (secondary N) is 2. The van der Waals surface area contributed by atoms with Crippen LogP contribution < -0.4 is 10.6 Å². The first-order chi connectivity index (χ1) is 14.7. The summed E-state index contributed by atoms with van der Waals surface area (Å²) in [7, 11) is 3.09. The van der Waals surface area contributed by atoms with E-state index in [4.69, 9.17) is 11.6 Å². The molecule has 31 heavy (non-hydrogen) atoms. The minimum absolute atomic E-state index is 0.0126. The predicted molar refractivity (Wildman–Crippen MR) is 115 cm³/mol. The summed E-state index contributed by atoms with van der Waals surface area (Å²) in [5.74, 6) is -1.80. The van der Waals surface area contributed by atoms with E-state index in [1.54, 1.807) is 38.4 Å². The van der Waals surface area contributed by atoms with Crippen molar-refractivity contribution in [2.24, 2.45) is 0 Å². The van der Waals surface area contributed by atoms with E-state index in [0.717, 1.165) is 6.07 Å². The van der Waals surface area contributed by atoms with Crippen LogP contribution in [0.1, 0.15) is 16.8 Å². The highest BCUT2D eigenvalue weighted by atomic mass is 35.5. The molecule has 164 valence electrons. The number of rotatable bonds is 4. The molecule has 0 aromatic heterocycles. The van der Waals surface area contributed by atoms with Crippen LogP contribution in [0.2, 0.25) is 5.02 Å². The van der Waals surface area contributed by atoms with E-state index < -0.39 is 29.9 Å². The van der Waals surface area contributed by atoms with Crippen LogP contribution in [-0.4, -0.2) is 65.5 Å². The largest absolute Gasteiger partial charge is 0.391 e. The van der Waals surface area contributed by atoms with Gasteiger partial charge in [-0.2, -0.15) is 0 Å². The Kier molecular flexibility index (Phi) is 6.77. The standard InChI is InChI=1S/C21H22ClFN4O4/c1-26(2)20(30)12-3-8-17(16(23)9-12)25-19(29)18-10-15(28)11-27(18)21(31)24-14-6-4-13(22)5-7-14/h3-9,15,18,28H,10-11H2,1-2H3,(H,24,31)(H,25,29). The van der Waals surface area contributed by atoms with Crippen LogP contribution in [0.4, 0.5) is 20.6 Å². The van der Waals surface area contributed by atoms with Crippen LogP contribution in [0.15, 0.2) is 42.5 Å². The Hall–Kier alpha value is -3.17. The summed E-state index contributed by atoms with van der Waals surface area (Å²) in [6.07, 6.45) is -0.879. The molecule has 3 N–H and O–H groups in total. The number of anilines is 2. The number of nitrogens with zero attached hydrogens (tertiary/aromatic N) is 2. The van der Waals surface area contributed by atoms with Crippen LogP contribution in [0.25, 0.3) is 0 Å². The zero-order valence-corrected chi connectivity index (χ0v) is 17.7. The quantitative estimate of drug-likeness (QED) is 0.669. The molecule has 0 spiro atoms. The molecule has 10 heteroatoms. The molecule has 2 aromatic carbocycles. The van der Waals surface area contributed by atoms with Gasteiger partial charge in [-0.05, 0) is 42.5 Å². The second kappa shape index (κ2) is 9.32. The van der Waals surface area contributed by atoms with E-state index >= 15 is 0 Å². The number of aliphatic hydroxyl groups is 1. The van der Waals surface area contributed by atoms with E-state index in [-0.39, 0.29) is 30.1 Å². The van der Waals surface area contributed by atoms with E-state index in [0.29, 0.717) is 10.7 Å². The van der Waals surface area contributed by atoms with Crippen molar-refractivity contribution in [2.45, 2.75) is 18.6 Å². The second-order valence-electron chi connectivity index (χ2n) is 7.38. The van der Waals surface area contributed by atoms with Crippen molar-refractivity contribution in [3.63, 3.8) is 0 Å². The van der Waals surface area contributed by atoms with Crippen molar-refractivity contribution >= 4 is 40.8 Å². The van der Waals surface area contributed by atoms with Crippen LogP contribution in [-0.2, 0) is 4.79 Å². The van der Waals surface area contributed by atoms with Gasteiger partial charge in [-0.15, -0.1) is 0 Å². The topological polar surface area (TPSA) is 102 Å². The minimum atomic E-state index is -0.996. The average molecular weight is 449 g/mol. The number of amides is 4. The normalized spacial score (nSPS) is 17.9. The fourth-order valence-corrected chi connectivity index (χ4v) is 3.37. The first-order valence-electron chi connectivity index (χ1n) is 9.49. The van der Waals surface area contributed by atoms with Crippen LogP contribution >= 0.6 is 11.6 Å². The van der Waals surface area contributed by atoms with Crippen LogP contribution in [0.3, 0.4) is 0 Å². The smallest absolute Gasteiger partial charge is 0.322 e. The molecule has 1 fully saturated rings. The van der Waals surface area contributed by atoms with Crippen molar-refractivity contribution in [3.05, 3.63) is 58.9 Å². The Labute approximate surface area is 183 Å². The Bertz CT molecular complexity index is 999. The molecule has 2 atom stereocenters. The monoisotopic (exact) mass is 448 g/mol. The molecule has 1 aliphatic rings. The molecular formula is C21H22ClFN4O4. The molecule has 0 saturated carbocycles. The highest BCUT2D eigenvalue weighted by molar-refractivity contribution is 6.30. The van der Waals surface area contributed by atoms with Gasteiger partial charge in [0.2, 0.25) is 5.91 Å². The van der Waals surface area contributed by atoms with Gasteiger partial charge in [0.05, 0.1) is 11.8 Å². The molecule has 0 bridgehead atoms. The lowest BCUT2D eigenvalue weighted by Gasteiger charge is -2.24. The summed E-state index contributed by atoms with van der Waals surface area (Å²) in [6, 6.07) is 8.56. The lowest BCUT2D eigenvalue weighted by molar-refractivity contribution is -0.119. The molecule has 1 heterocycles. The summed E-state index contributed by atoms with van der Waals surface area (Å²) in [5, 5.41) is 15.6. The number of urea groups is 1. The molecule has 1 saturated heterocycles. The molecule has 3 rings (SSSR count). The minimum Gasteiger partial charge on any atom is -0.391 e.